The van der Waals surface area contributed by atoms with Crippen molar-refractivity contribution in [2.45, 2.75) is 216 Å². The van der Waals surface area contributed by atoms with Crippen LogP contribution in [0, 0.1) is 5.92 Å². The second kappa shape index (κ2) is 52.1. The van der Waals surface area contributed by atoms with E-state index in [9.17, 15) is 107 Å². The number of anilines is 1. The number of para-hydroxylation sites is 2. The zero-order chi connectivity index (χ0) is 93.4. The van der Waals surface area contributed by atoms with Crippen LogP contribution in [0.25, 0.3) is 22.0 Å². The first-order chi connectivity index (χ1) is 60.5. The van der Waals surface area contributed by atoms with Crippen molar-refractivity contribution in [2.75, 3.05) is 38.6 Å². The molecule has 0 spiro atoms. The molecule has 688 valence electrons. The largest absolute Gasteiger partial charge is 0.481 e. The second-order valence-corrected chi connectivity index (χ2v) is 30.6. The Morgan fingerprint density at radius 2 is 1.10 bits per heavy atom. The van der Waals surface area contributed by atoms with Crippen molar-refractivity contribution in [2.24, 2.45) is 11.7 Å². The van der Waals surface area contributed by atoms with Crippen LogP contribution < -0.4 is 85.9 Å². The van der Waals surface area contributed by atoms with Gasteiger partial charge in [-0.05, 0) is 92.4 Å². The van der Waals surface area contributed by atoms with Crippen molar-refractivity contribution < 1.29 is 121 Å². The molecule has 0 bridgehead atoms. The number of hydrogen-bond acceptors (Lipinski definition) is 24. The standard InChI is InChI=1S/C85H113N17O25/c1-5-6-7-8-9-10-14-27-67(107)94-59(36-52-42-89-56-25-18-16-22-53(52)56)80(121)98-60(38-66(87)106)81(122)96-58(32-34-103)78(119)102-74-48(4)127-85(126)63(37-65(105)54-23-15-17-24-55(54)86)100-84(125)73(46(2)35-70(110)111)101-82(123)64(45-104)95-69(109)43-90-76(117)61(39-71(112)113)97-75(116)47(3)92-79(120)62(40-72(114)115)99-77(118)57(93-68(108)44-91-83(74)124)26-19-33-88-41-49-28-30-51(31-29-49)50-20-12-11-13-21-50/h11-13,15-18,20-25,28-31,42,46-48,57-64,73-74,88-89,103-104H,5-10,14,19,26-27,32-41,43-45,86H2,1-4H3,(H2,87,106)(H,90,117)(H,91,124)(H,92,120)(H,93,108)(H,94,107)(H,95,109)(H,96,122)(H,97,116)(H,98,121)(H,99,118)(H,100,125)(H,101,123)(H,102,119)(H,110,111)(H,112,113)(H,114,115)/t46-,47-,48-,57+,58+,59+,60+,61+,62+,63+,64-,73+,74+/m1/s1. The lowest BCUT2D eigenvalue weighted by Crippen LogP contribution is -2.61. The number of H-pyrrole nitrogens is 1. The van der Waals surface area contributed by atoms with Crippen molar-refractivity contribution in [3.63, 3.8) is 0 Å². The van der Waals surface area contributed by atoms with Gasteiger partial charge in [-0.15, -0.1) is 0 Å². The number of carbonyl (C=O) groups excluding carboxylic acids is 16. The zero-order valence-electron chi connectivity index (χ0n) is 70.7. The number of ketones is 1. The number of nitrogens with two attached hydrogens (primary N) is 2. The predicted molar refractivity (Wildman–Crippen MR) is 454 cm³/mol. The molecular weight excluding hydrogens is 1660 g/mol. The highest BCUT2D eigenvalue weighted by Gasteiger charge is 2.41. The van der Waals surface area contributed by atoms with E-state index in [-0.39, 0.29) is 50.0 Å². The smallest absolute Gasteiger partial charge is 0.329 e. The molecule has 6 rings (SSSR count). The monoisotopic (exact) mass is 1770 g/mol. The average Bonchev–Trinajstić information content (AvgIpc) is 1.68. The number of nitrogen functional groups attached to an aromatic ring is 1. The number of aliphatic hydroxyl groups excluding tert-OH is 2. The van der Waals surface area contributed by atoms with Crippen LogP contribution in [-0.4, -0.2) is 248 Å². The van der Waals surface area contributed by atoms with Crippen LogP contribution in [0.15, 0.2) is 109 Å². The van der Waals surface area contributed by atoms with Gasteiger partial charge < -0.3 is 121 Å². The van der Waals surface area contributed by atoms with E-state index < -0.39 is 256 Å². The van der Waals surface area contributed by atoms with Crippen LogP contribution in [0.5, 0.6) is 0 Å². The number of primary amides is 1. The summed E-state index contributed by atoms with van der Waals surface area (Å²) in [6.07, 6.45) is -1.05. The molecule has 24 N–H and O–H groups in total. The molecule has 1 aromatic heterocycles. The molecule has 1 aliphatic rings. The number of carboxylic acid groups (broad SMARTS) is 3. The number of aromatic amines is 1. The number of unbranched alkanes of at least 4 members (excludes halogenated alkanes) is 6. The number of ether oxygens (including phenoxy) is 1. The Kier molecular flexibility index (Phi) is 41.9. The topological polar surface area (TPSA) is 671 Å². The molecule has 2 heterocycles. The molecule has 14 amide bonds. The first kappa shape index (κ1) is 102. The van der Waals surface area contributed by atoms with Gasteiger partial charge in [0.25, 0.3) is 0 Å². The molecule has 1 fully saturated rings. The first-order valence-corrected chi connectivity index (χ1v) is 41.5. The number of Topliss-reactive ketones (excluding diaryl/α,β-unsaturated/α-hetero) is 1. The summed E-state index contributed by atoms with van der Waals surface area (Å²) in [5, 5.41) is 83.9. The van der Waals surface area contributed by atoms with Gasteiger partial charge in [0.2, 0.25) is 82.7 Å². The minimum absolute atomic E-state index is 0.0118. The molecular formula is C85H113N17O25. The summed E-state index contributed by atoms with van der Waals surface area (Å²) >= 11 is 0. The van der Waals surface area contributed by atoms with Gasteiger partial charge >= 0.3 is 23.9 Å². The lowest BCUT2D eigenvalue weighted by molar-refractivity contribution is -0.156. The summed E-state index contributed by atoms with van der Waals surface area (Å²) in [6.45, 7) is 0.950. The van der Waals surface area contributed by atoms with Crippen LogP contribution in [0.3, 0.4) is 0 Å². The molecule has 1 saturated heterocycles. The predicted octanol–water partition coefficient (Wildman–Crippen LogP) is -2.22. The van der Waals surface area contributed by atoms with Gasteiger partial charge in [-0.25, -0.2) is 4.79 Å². The number of aromatic nitrogens is 1. The number of hydrogen-bond donors (Lipinski definition) is 22. The maximum absolute atomic E-state index is 15.0. The Hall–Kier alpha value is -13.8. The number of benzene rings is 4. The Balaban J connectivity index is 1.41. The summed E-state index contributed by atoms with van der Waals surface area (Å²) in [4.78, 5) is 267. The fourth-order valence-electron chi connectivity index (χ4n) is 13.5. The summed E-state index contributed by atoms with van der Waals surface area (Å²) in [5.74, 6) is -26.9. The van der Waals surface area contributed by atoms with E-state index in [0.717, 1.165) is 69.6 Å². The Bertz CT molecular complexity index is 4700. The normalized spacial score (nSPS) is 20.3. The Morgan fingerprint density at radius 3 is 1.74 bits per heavy atom. The third-order valence-corrected chi connectivity index (χ3v) is 20.4. The van der Waals surface area contributed by atoms with E-state index in [1.165, 1.54) is 24.3 Å². The lowest BCUT2D eigenvalue weighted by atomic mass is 9.96. The summed E-state index contributed by atoms with van der Waals surface area (Å²) in [6, 6.07) is 7.41. The number of aliphatic carboxylic acids is 3. The summed E-state index contributed by atoms with van der Waals surface area (Å²) in [7, 11) is 0. The quantitative estimate of drug-likeness (QED) is 0.00858. The van der Waals surface area contributed by atoms with E-state index in [0.29, 0.717) is 29.3 Å². The maximum Gasteiger partial charge on any atom is 0.329 e. The Labute approximate surface area is 730 Å². The van der Waals surface area contributed by atoms with Crippen LogP contribution in [-0.2, 0) is 104 Å². The van der Waals surface area contributed by atoms with Gasteiger partial charge in [0, 0.05) is 60.8 Å². The number of aliphatic hydroxyl groups is 2. The summed E-state index contributed by atoms with van der Waals surface area (Å²) in [5.41, 5.74) is 15.3. The molecule has 0 aliphatic carbocycles. The molecule has 127 heavy (non-hydrogen) atoms. The number of fused-ring (bicyclic) bond motifs is 1. The highest BCUT2D eigenvalue weighted by atomic mass is 16.5. The van der Waals surface area contributed by atoms with Crippen molar-refractivity contribution in [1.29, 1.82) is 0 Å². The van der Waals surface area contributed by atoms with E-state index in [4.69, 9.17) is 16.2 Å². The van der Waals surface area contributed by atoms with Crippen molar-refractivity contribution in [1.82, 2.24) is 79.4 Å². The van der Waals surface area contributed by atoms with Gasteiger partial charge in [-0.1, -0.05) is 137 Å². The number of rotatable bonds is 39. The Morgan fingerprint density at radius 1 is 0.535 bits per heavy atom. The number of amides is 14. The molecule has 42 nitrogen and oxygen atoms in total. The van der Waals surface area contributed by atoms with Gasteiger partial charge in [0.05, 0.1) is 45.4 Å². The highest BCUT2D eigenvalue weighted by Crippen LogP contribution is 2.23. The third-order valence-electron chi connectivity index (χ3n) is 20.4. The van der Waals surface area contributed by atoms with Crippen LogP contribution >= 0.6 is 0 Å². The zero-order valence-corrected chi connectivity index (χ0v) is 70.7. The molecule has 0 radical (unpaired) electrons. The number of esters is 1. The highest BCUT2D eigenvalue weighted by molar-refractivity contribution is 6.05. The molecule has 0 saturated carbocycles. The van der Waals surface area contributed by atoms with Crippen LogP contribution in [0.4, 0.5) is 5.69 Å². The van der Waals surface area contributed by atoms with Crippen molar-refractivity contribution in [3.05, 3.63) is 126 Å². The third kappa shape index (κ3) is 34.4. The lowest BCUT2D eigenvalue weighted by Gasteiger charge is -2.30. The van der Waals surface area contributed by atoms with Gasteiger partial charge in [-0.2, -0.15) is 0 Å². The first-order valence-electron chi connectivity index (χ1n) is 41.5. The van der Waals surface area contributed by atoms with Gasteiger partial charge in [0.1, 0.15) is 72.6 Å². The van der Waals surface area contributed by atoms with Crippen molar-refractivity contribution >= 4 is 129 Å². The summed E-state index contributed by atoms with van der Waals surface area (Å²) < 4.78 is 5.80. The molecule has 42 heteroatoms. The average molecular weight is 1770 g/mol. The van der Waals surface area contributed by atoms with Gasteiger partial charge in [0.15, 0.2) is 5.78 Å². The van der Waals surface area contributed by atoms with Crippen LogP contribution in [0.2, 0.25) is 0 Å². The van der Waals surface area contributed by atoms with Crippen LogP contribution in [0.1, 0.15) is 152 Å². The number of cyclic esters (lactones) is 1. The molecule has 0 unspecified atom stereocenters. The van der Waals surface area contributed by atoms with E-state index in [1.807, 2.05) is 65.2 Å². The van der Waals surface area contributed by atoms with E-state index in [1.54, 1.807) is 30.5 Å². The fourth-order valence-corrected chi connectivity index (χ4v) is 13.5. The second-order valence-electron chi connectivity index (χ2n) is 30.6. The fraction of sp³-hybridized carbons (Fsp3) is 0.471. The SMILES string of the molecule is CCCCCCCCCC(=O)N[C@@H](Cc1c[nH]c2ccccc12)C(=O)N[C@@H](CC(N)=O)C(=O)N[C@@H](CCO)C(=O)N[C@@H]1C(=O)NCC(=O)N[C@@H](CCCNCc2ccc(-c3ccccc3)cc2)C(=O)N[C@@H](CC(=O)O)C(=O)N[C@H](C)C(=O)N[C@@H](CC(=O)O)C(=O)NCC(=O)N[C@H](CO)C(=O)N[C@@H]([C@H](C)CC(=O)O)C(=O)N[C@@H](CC(=O)c2ccccc2N)C(=O)O[C@@H]1C. The molecule has 4 aromatic carbocycles. The molecule has 1 aliphatic heterocycles. The minimum Gasteiger partial charge on any atom is -0.481 e. The molecule has 5 aromatic rings. The number of carbonyl (C=O) groups is 19. The minimum atomic E-state index is -2.34. The number of nitrogens with one attached hydrogen (secondary N) is 15. The van der Waals surface area contributed by atoms with E-state index >= 15 is 9.59 Å². The van der Waals surface area contributed by atoms with E-state index in [2.05, 4.69) is 75.7 Å². The maximum atomic E-state index is 15.0. The molecule has 13 atom stereocenters. The number of carboxylic acids is 3. The van der Waals surface area contributed by atoms with Crippen molar-refractivity contribution in [3.8, 4) is 11.1 Å². The van der Waals surface area contributed by atoms with Gasteiger partial charge in [-0.3, -0.25) is 86.3 Å².